The summed E-state index contributed by atoms with van der Waals surface area (Å²) in [7, 11) is 0. The van der Waals surface area contributed by atoms with Crippen molar-refractivity contribution in [1.82, 2.24) is 14.5 Å². The van der Waals surface area contributed by atoms with E-state index in [1.165, 1.54) is 4.57 Å². The third-order valence-electron chi connectivity index (χ3n) is 1.87. The molecule has 84 valence electrons. The molecule has 0 saturated carbocycles. The third kappa shape index (κ3) is 2.02. The predicted octanol–water partition coefficient (Wildman–Crippen LogP) is 2.39. The van der Waals surface area contributed by atoms with Gasteiger partial charge in [-0.05, 0) is 17.7 Å². The molecular formula is C8H5Cl2N3O3. The monoisotopic (exact) mass is 261 g/mol. The molecule has 8 heteroatoms. The van der Waals surface area contributed by atoms with Crippen molar-refractivity contribution >= 4 is 40.4 Å². The lowest BCUT2D eigenvalue weighted by molar-refractivity contribution is 0.0661. The molecule has 0 fully saturated rings. The van der Waals surface area contributed by atoms with Gasteiger partial charge in [-0.2, -0.15) is 4.98 Å². The second-order valence-electron chi connectivity index (χ2n) is 2.85. The van der Waals surface area contributed by atoms with Crippen molar-refractivity contribution in [3.05, 3.63) is 22.7 Å². The molecule has 0 aromatic carbocycles. The normalized spacial score (nSPS) is 10.6. The number of fused-ring (bicyclic) bond motifs is 1. The van der Waals surface area contributed by atoms with Crippen LogP contribution in [0.25, 0.3) is 11.0 Å². The lowest BCUT2D eigenvalue weighted by atomic mass is 10.4. The fourth-order valence-corrected chi connectivity index (χ4v) is 1.67. The summed E-state index contributed by atoms with van der Waals surface area (Å²) in [4.78, 5) is 17.9. The summed E-state index contributed by atoms with van der Waals surface area (Å²) in [5.74, 6) is 0. The molecule has 16 heavy (non-hydrogen) atoms. The fourth-order valence-electron chi connectivity index (χ4n) is 1.23. The van der Waals surface area contributed by atoms with Gasteiger partial charge in [-0.15, -0.1) is 0 Å². The Hall–Kier alpha value is -1.53. The van der Waals surface area contributed by atoms with Gasteiger partial charge in [-0.25, -0.2) is 9.78 Å². The van der Waals surface area contributed by atoms with E-state index in [4.69, 9.17) is 28.3 Å². The lowest BCUT2D eigenvalue weighted by Gasteiger charge is -2.03. The van der Waals surface area contributed by atoms with Crippen LogP contribution in [0.2, 0.25) is 10.4 Å². The van der Waals surface area contributed by atoms with E-state index < -0.39 is 6.16 Å². The van der Waals surface area contributed by atoms with Crippen molar-refractivity contribution in [3.8, 4) is 0 Å². The first-order chi connectivity index (χ1) is 7.58. The number of carbonyl (C=O) groups is 1. The maximum Gasteiger partial charge on any atom is 0.507 e. The third-order valence-corrected chi connectivity index (χ3v) is 2.33. The molecule has 0 spiro atoms. The number of rotatable bonds is 2. The molecule has 6 nitrogen and oxygen atoms in total. The number of halogens is 2. The Balaban J connectivity index is 2.43. The average molecular weight is 262 g/mol. The zero-order valence-corrected chi connectivity index (χ0v) is 9.23. The minimum Gasteiger partial charge on any atom is -0.450 e. The molecule has 0 aliphatic rings. The van der Waals surface area contributed by atoms with E-state index in [0.717, 1.165) is 0 Å². The molecule has 1 N–H and O–H groups in total. The summed E-state index contributed by atoms with van der Waals surface area (Å²) in [6.07, 6.45) is 0.220. The van der Waals surface area contributed by atoms with E-state index in [-0.39, 0.29) is 17.2 Å². The molecule has 0 unspecified atom stereocenters. The zero-order chi connectivity index (χ0) is 11.7. The molecule has 0 radical (unpaired) electrons. The fraction of sp³-hybridized carbons (Fsp3) is 0.125. The SMILES string of the molecule is O=C(O)OCn1ccc2c(Cl)nc(Cl)nc21. The van der Waals surface area contributed by atoms with Crippen LogP contribution in [-0.4, -0.2) is 25.8 Å². The van der Waals surface area contributed by atoms with Gasteiger partial charge >= 0.3 is 6.16 Å². The lowest BCUT2D eigenvalue weighted by Crippen LogP contribution is -2.06. The van der Waals surface area contributed by atoms with Crippen molar-refractivity contribution < 1.29 is 14.6 Å². The quantitative estimate of drug-likeness (QED) is 0.510. The van der Waals surface area contributed by atoms with E-state index in [9.17, 15) is 4.79 Å². The number of ether oxygens (including phenoxy) is 1. The van der Waals surface area contributed by atoms with Gasteiger partial charge < -0.3 is 9.84 Å². The maximum atomic E-state index is 10.2. The highest BCUT2D eigenvalue weighted by Gasteiger charge is 2.10. The average Bonchev–Trinajstić information content (AvgIpc) is 2.58. The van der Waals surface area contributed by atoms with Gasteiger partial charge in [0.2, 0.25) is 5.28 Å². The van der Waals surface area contributed by atoms with Crippen LogP contribution in [0.3, 0.4) is 0 Å². The van der Waals surface area contributed by atoms with Crippen molar-refractivity contribution in [2.45, 2.75) is 6.73 Å². The first-order valence-corrected chi connectivity index (χ1v) is 4.87. The first kappa shape index (κ1) is 11.0. The molecule has 0 aliphatic heterocycles. The van der Waals surface area contributed by atoms with Gasteiger partial charge in [0.1, 0.15) is 10.8 Å². The predicted molar refractivity (Wildman–Crippen MR) is 56.7 cm³/mol. The van der Waals surface area contributed by atoms with Gasteiger partial charge in [-0.1, -0.05) is 11.6 Å². The molecule has 2 aromatic rings. The smallest absolute Gasteiger partial charge is 0.450 e. The number of carboxylic acid groups (broad SMARTS) is 1. The van der Waals surface area contributed by atoms with Crippen LogP contribution in [-0.2, 0) is 11.5 Å². The molecule has 0 amide bonds. The number of nitrogens with zero attached hydrogens (tertiary/aromatic N) is 3. The molecule has 0 saturated heterocycles. The van der Waals surface area contributed by atoms with Crippen LogP contribution in [0.4, 0.5) is 4.79 Å². The Kier molecular flexibility index (Phi) is 2.84. The number of hydrogen-bond acceptors (Lipinski definition) is 4. The van der Waals surface area contributed by atoms with E-state index in [0.29, 0.717) is 11.0 Å². The van der Waals surface area contributed by atoms with Crippen LogP contribution >= 0.6 is 23.2 Å². The van der Waals surface area contributed by atoms with E-state index in [1.54, 1.807) is 12.3 Å². The Labute approximate surface area is 99.4 Å². The van der Waals surface area contributed by atoms with Gasteiger partial charge in [0.15, 0.2) is 6.73 Å². The van der Waals surface area contributed by atoms with Crippen LogP contribution in [0, 0.1) is 0 Å². The Morgan fingerprint density at radius 2 is 2.25 bits per heavy atom. The topological polar surface area (TPSA) is 77.2 Å². The summed E-state index contributed by atoms with van der Waals surface area (Å²) in [6.45, 7) is -0.178. The number of hydrogen-bond donors (Lipinski definition) is 1. The van der Waals surface area contributed by atoms with Gasteiger partial charge in [-0.3, -0.25) is 4.57 Å². The highest BCUT2D eigenvalue weighted by Crippen LogP contribution is 2.22. The summed E-state index contributed by atoms with van der Waals surface area (Å²) >= 11 is 11.5. The second kappa shape index (κ2) is 4.15. The molecule has 0 aliphatic carbocycles. The minimum absolute atomic E-state index is 0.00669. The first-order valence-electron chi connectivity index (χ1n) is 4.11. The van der Waals surface area contributed by atoms with Crippen molar-refractivity contribution in [2.75, 3.05) is 0 Å². The highest BCUT2D eigenvalue weighted by atomic mass is 35.5. The molecular weight excluding hydrogens is 257 g/mol. The van der Waals surface area contributed by atoms with E-state index in [1.807, 2.05) is 0 Å². The molecule has 2 heterocycles. The molecule has 0 atom stereocenters. The summed E-state index contributed by atoms with van der Waals surface area (Å²) in [6, 6.07) is 1.65. The van der Waals surface area contributed by atoms with Gasteiger partial charge in [0.25, 0.3) is 0 Å². The minimum atomic E-state index is -1.37. The largest absolute Gasteiger partial charge is 0.507 e. The van der Waals surface area contributed by atoms with Crippen LogP contribution < -0.4 is 0 Å². The summed E-state index contributed by atoms with van der Waals surface area (Å²) in [5.41, 5.74) is 0.422. The number of aromatic nitrogens is 3. The molecule has 0 bridgehead atoms. The van der Waals surface area contributed by atoms with Crippen LogP contribution in [0.1, 0.15) is 0 Å². The Morgan fingerprint density at radius 1 is 1.50 bits per heavy atom. The van der Waals surface area contributed by atoms with E-state index in [2.05, 4.69) is 14.7 Å². The standard InChI is InChI=1S/C8H5Cl2N3O3/c9-5-4-1-2-13(3-16-8(14)15)6(4)12-7(10)11-5/h1-2H,3H2,(H,14,15). The highest BCUT2D eigenvalue weighted by molar-refractivity contribution is 6.35. The van der Waals surface area contributed by atoms with Gasteiger partial charge in [0, 0.05) is 6.20 Å². The molecule has 2 aromatic heterocycles. The van der Waals surface area contributed by atoms with Crippen molar-refractivity contribution in [2.24, 2.45) is 0 Å². The van der Waals surface area contributed by atoms with Crippen LogP contribution in [0.15, 0.2) is 12.3 Å². The van der Waals surface area contributed by atoms with Crippen molar-refractivity contribution in [3.63, 3.8) is 0 Å². The Morgan fingerprint density at radius 3 is 2.94 bits per heavy atom. The molecule has 2 rings (SSSR count). The summed E-state index contributed by atoms with van der Waals surface area (Å²) in [5, 5.41) is 9.16. The second-order valence-corrected chi connectivity index (χ2v) is 3.54. The Bertz CT molecular complexity index is 555. The summed E-state index contributed by atoms with van der Waals surface area (Å²) < 4.78 is 5.87. The van der Waals surface area contributed by atoms with Crippen LogP contribution in [0.5, 0.6) is 0 Å². The van der Waals surface area contributed by atoms with Gasteiger partial charge in [0.05, 0.1) is 5.39 Å². The zero-order valence-electron chi connectivity index (χ0n) is 7.72. The maximum absolute atomic E-state index is 10.2. The van der Waals surface area contributed by atoms with E-state index >= 15 is 0 Å². The van der Waals surface area contributed by atoms with Crippen molar-refractivity contribution in [1.29, 1.82) is 0 Å².